The van der Waals surface area contributed by atoms with Gasteiger partial charge in [0.1, 0.15) is 6.33 Å². The summed E-state index contributed by atoms with van der Waals surface area (Å²) in [6.45, 7) is 8.78. The molecule has 0 saturated carbocycles. The van der Waals surface area contributed by atoms with Gasteiger partial charge in [-0.15, -0.1) is 5.10 Å². The highest BCUT2D eigenvalue weighted by molar-refractivity contribution is 5.64. The molecule has 1 fully saturated rings. The first-order chi connectivity index (χ1) is 13.5. The Kier molecular flexibility index (Phi) is 5.05. The fraction of sp³-hybridized carbons (Fsp3) is 0.364. The van der Waals surface area contributed by atoms with Gasteiger partial charge in [-0.1, -0.05) is 18.2 Å². The first kappa shape index (κ1) is 18.5. The summed E-state index contributed by atoms with van der Waals surface area (Å²) in [4.78, 5) is 9.34. The maximum atomic E-state index is 4.56. The molecular weight excluding hydrogens is 348 g/mol. The van der Waals surface area contributed by atoms with Crippen molar-refractivity contribution in [3.63, 3.8) is 0 Å². The number of piperazine rings is 1. The van der Waals surface area contributed by atoms with Gasteiger partial charge in [0.2, 0.25) is 5.95 Å². The van der Waals surface area contributed by atoms with Crippen molar-refractivity contribution in [2.24, 2.45) is 0 Å². The molecule has 1 aromatic heterocycles. The summed E-state index contributed by atoms with van der Waals surface area (Å²) in [7, 11) is 2.21. The fourth-order valence-electron chi connectivity index (χ4n) is 3.79. The van der Waals surface area contributed by atoms with Crippen LogP contribution < -0.4 is 10.2 Å². The molecule has 0 radical (unpaired) electrons. The quantitative estimate of drug-likeness (QED) is 0.750. The van der Waals surface area contributed by atoms with Crippen molar-refractivity contribution in [1.29, 1.82) is 0 Å². The Balaban J connectivity index is 1.54. The molecule has 0 bridgehead atoms. The molecule has 2 atom stereocenters. The minimum Gasteiger partial charge on any atom is -0.368 e. The third-order valence-corrected chi connectivity index (χ3v) is 5.56. The second kappa shape index (κ2) is 7.64. The summed E-state index contributed by atoms with van der Waals surface area (Å²) in [5.41, 5.74) is 4.48. The average molecular weight is 377 g/mol. The maximum absolute atomic E-state index is 4.56. The van der Waals surface area contributed by atoms with Crippen LogP contribution in [0.15, 0.2) is 54.9 Å². The van der Waals surface area contributed by atoms with Gasteiger partial charge < -0.3 is 10.2 Å². The van der Waals surface area contributed by atoms with Gasteiger partial charge in [0.25, 0.3) is 0 Å². The molecule has 6 heteroatoms. The topological polar surface area (TPSA) is 49.2 Å². The molecule has 0 unspecified atom stereocenters. The first-order valence-corrected chi connectivity index (χ1v) is 9.82. The highest BCUT2D eigenvalue weighted by Crippen LogP contribution is 2.27. The van der Waals surface area contributed by atoms with Gasteiger partial charge in [-0.25, -0.2) is 4.68 Å². The third-order valence-electron chi connectivity index (χ3n) is 5.56. The summed E-state index contributed by atoms with van der Waals surface area (Å²) in [6, 6.07) is 17.7. The zero-order chi connectivity index (χ0) is 19.7. The van der Waals surface area contributed by atoms with Crippen LogP contribution in [0.4, 0.5) is 17.3 Å². The van der Waals surface area contributed by atoms with Gasteiger partial charge >= 0.3 is 0 Å². The lowest BCUT2D eigenvalue weighted by molar-refractivity contribution is 0.170. The lowest BCUT2D eigenvalue weighted by Crippen LogP contribution is -2.55. The monoisotopic (exact) mass is 376 g/mol. The first-order valence-electron chi connectivity index (χ1n) is 9.82. The van der Waals surface area contributed by atoms with E-state index in [4.69, 9.17) is 0 Å². The molecule has 1 aliphatic rings. The molecule has 0 aliphatic carbocycles. The highest BCUT2D eigenvalue weighted by atomic mass is 15.4. The molecule has 4 rings (SSSR count). The Bertz CT molecular complexity index is 923. The Hall–Kier alpha value is -2.86. The second-order valence-corrected chi connectivity index (χ2v) is 7.80. The lowest BCUT2D eigenvalue weighted by Gasteiger charge is -2.43. The van der Waals surface area contributed by atoms with Crippen molar-refractivity contribution in [2.75, 3.05) is 30.4 Å². The molecule has 0 amide bonds. The number of hydrogen-bond acceptors (Lipinski definition) is 5. The minimum atomic E-state index is 0.531. The number of likely N-dealkylation sites (N-methyl/N-ethyl adjacent to an activating group) is 1. The smallest absolute Gasteiger partial charge is 0.246 e. The molecule has 1 aliphatic heterocycles. The normalized spacial score (nSPS) is 20.4. The van der Waals surface area contributed by atoms with Crippen LogP contribution in [-0.4, -0.2) is 51.9 Å². The van der Waals surface area contributed by atoms with E-state index < -0.39 is 0 Å². The van der Waals surface area contributed by atoms with Gasteiger partial charge in [-0.3, -0.25) is 4.90 Å². The van der Waals surface area contributed by atoms with Crippen LogP contribution in [0.1, 0.15) is 19.4 Å². The van der Waals surface area contributed by atoms with E-state index in [2.05, 4.69) is 71.2 Å². The summed E-state index contributed by atoms with van der Waals surface area (Å²) in [6.07, 6.45) is 1.73. The number of aryl methyl sites for hydroxylation is 1. The van der Waals surface area contributed by atoms with Crippen molar-refractivity contribution < 1.29 is 0 Å². The number of hydrogen-bond donors (Lipinski definition) is 1. The SMILES string of the molecule is Cc1cc(Nc2ncn(-c3ccccc3)n2)cc(N2C[C@@H](C)N(C)[C@@H](C)C2)c1. The van der Waals surface area contributed by atoms with Crippen molar-refractivity contribution in [1.82, 2.24) is 19.7 Å². The molecule has 2 heterocycles. The molecule has 2 aromatic carbocycles. The number of benzene rings is 2. The Labute approximate surface area is 166 Å². The van der Waals surface area contributed by atoms with E-state index in [1.54, 1.807) is 11.0 Å². The van der Waals surface area contributed by atoms with Crippen LogP contribution in [0.2, 0.25) is 0 Å². The number of nitrogens with zero attached hydrogens (tertiary/aromatic N) is 5. The van der Waals surface area contributed by atoms with Gasteiger partial charge in [0.15, 0.2) is 0 Å². The van der Waals surface area contributed by atoms with E-state index in [1.165, 1.54) is 11.3 Å². The Morgan fingerprint density at radius 2 is 1.68 bits per heavy atom. The molecule has 1 saturated heterocycles. The van der Waals surface area contributed by atoms with Crippen molar-refractivity contribution in [3.05, 3.63) is 60.4 Å². The van der Waals surface area contributed by atoms with E-state index in [1.807, 2.05) is 30.3 Å². The third kappa shape index (κ3) is 3.87. The largest absolute Gasteiger partial charge is 0.368 e. The van der Waals surface area contributed by atoms with Gasteiger partial charge in [-0.2, -0.15) is 4.98 Å². The standard InChI is InChI=1S/C22H28N6/c1-16-10-19(12-21(11-16)27-13-17(2)26(4)18(3)14-27)24-22-23-15-28(25-22)20-8-6-5-7-9-20/h5-12,15,17-18H,13-14H2,1-4H3,(H,24,25)/t17-,18+. The summed E-state index contributed by atoms with van der Waals surface area (Å²) in [5, 5.41) is 7.92. The van der Waals surface area contributed by atoms with E-state index in [0.29, 0.717) is 18.0 Å². The van der Waals surface area contributed by atoms with Crippen molar-refractivity contribution in [3.8, 4) is 5.69 Å². The molecule has 146 valence electrons. The summed E-state index contributed by atoms with van der Waals surface area (Å²) < 4.78 is 1.78. The zero-order valence-corrected chi connectivity index (χ0v) is 17.0. The second-order valence-electron chi connectivity index (χ2n) is 7.80. The fourth-order valence-corrected chi connectivity index (χ4v) is 3.79. The van der Waals surface area contributed by atoms with Gasteiger partial charge in [-0.05, 0) is 63.7 Å². The molecular formula is C22H28N6. The van der Waals surface area contributed by atoms with E-state index in [-0.39, 0.29) is 0 Å². The van der Waals surface area contributed by atoms with Crippen LogP contribution >= 0.6 is 0 Å². The van der Waals surface area contributed by atoms with E-state index in [9.17, 15) is 0 Å². The number of aromatic nitrogens is 3. The molecule has 6 nitrogen and oxygen atoms in total. The molecule has 1 N–H and O–H groups in total. The average Bonchev–Trinajstić information content (AvgIpc) is 3.14. The zero-order valence-electron chi connectivity index (χ0n) is 17.0. The van der Waals surface area contributed by atoms with Crippen LogP contribution in [0.5, 0.6) is 0 Å². The van der Waals surface area contributed by atoms with Crippen LogP contribution in [0.3, 0.4) is 0 Å². The predicted octanol–water partition coefficient (Wildman–Crippen LogP) is 3.85. The number of nitrogens with one attached hydrogen (secondary N) is 1. The van der Waals surface area contributed by atoms with Crippen molar-refractivity contribution in [2.45, 2.75) is 32.9 Å². The number of rotatable bonds is 4. The lowest BCUT2D eigenvalue weighted by atomic mass is 10.1. The Morgan fingerprint density at radius 3 is 2.39 bits per heavy atom. The predicted molar refractivity (Wildman–Crippen MR) is 115 cm³/mol. The number of para-hydroxylation sites is 1. The molecule has 28 heavy (non-hydrogen) atoms. The van der Waals surface area contributed by atoms with Crippen LogP contribution in [0.25, 0.3) is 5.69 Å². The van der Waals surface area contributed by atoms with Crippen LogP contribution in [0, 0.1) is 6.92 Å². The van der Waals surface area contributed by atoms with E-state index in [0.717, 1.165) is 24.5 Å². The minimum absolute atomic E-state index is 0.531. The summed E-state index contributed by atoms with van der Waals surface area (Å²) in [5.74, 6) is 0.598. The van der Waals surface area contributed by atoms with Crippen LogP contribution in [-0.2, 0) is 0 Å². The highest BCUT2D eigenvalue weighted by Gasteiger charge is 2.26. The molecule has 3 aromatic rings. The Morgan fingerprint density at radius 1 is 0.964 bits per heavy atom. The van der Waals surface area contributed by atoms with Crippen molar-refractivity contribution >= 4 is 17.3 Å². The summed E-state index contributed by atoms with van der Waals surface area (Å²) >= 11 is 0. The molecule has 0 spiro atoms. The number of anilines is 3. The van der Waals surface area contributed by atoms with Gasteiger partial charge in [0.05, 0.1) is 5.69 Å². The van der Waals surface area contributed by atoms with Gasteiger partial charge in [0, 0.05) is 36.5 Å². The van der Waals surface area contributed by atoms with E-state index >= 15 is 0 Å². The maximum Gasteiger partial charge on any atom is 0.246 e.